The van der Waals surface area contributed by atoms with Crippen molar-refractivity contribution in [1.29, 1.82) is 0 Å². The van der Waals surface area contributed by atoms with Crippen LogP contribution in [0.2, 0.25) is 0 Å². The minimum Gasteiger partial charge on any atom is -0.0996 e. The molecular weight excluding hydrogens is 108 g/mol. The molecule has 2 aliphatic carbocycles. The predicted molar refractivity (Wildman–Crippen MR) is 39.1 cm³/mol. The van der Waals surface area contributed by atoms with E-state index in [1.807, 2.05) is 0 Å². The molecular formula is C9H14. The van der Waals surface area contributed by atoms with Crippen molar-refractivity contribution < 1.29 is 0 Å². The highest BCUT2D eigenvalue weighted by Crippen LogP contribution is 2.52. The van der Waals surface area contributed by atoms with Gasteiger partial charge >= 0.3 is 0 Å². The third-order valence-electron chi connectivity index (χ3n) is 2.95. The minimum atomic E-state index is 0.828. The predicted octanol–water partition coefficient (Wildman–Crippen LogP) is 2.61. The average molecular weight is 122 g/mol. The number of allylic oxidation sites excluding steroid dienone is 1. The molecule has 0 aromatic heterocycles. The first-order valence-electron chi connectivity index (χ1n) is 3.95. The number of hydrogen-bond donors (Lipinski definition) is 0. The van der Waals surface area contributed by atoms with Crippen LogP contribution in [-0.4, -0.2) is 0 Å². The van der Waals surface area contributed by atoms with Gasteiger partial charge in [0.25, 0.3) is 0 Å². The van der Waals surface area contributed by atoms with Crippen LogP contribution in [0.15, 0.2) is 12.2 Å². The first-order valence-corrected chi connectivity index (χ1v) is 3.95. The molecule has 0 N–H and O–H groups in total. The van der Waals surface area contributed by atoms with Gasteiger partial charge in [-0.25, -0.2) is 0 Å². The summed E-state index contributed by atoms with van der Waals surface area (Å²) in [6.07, 6.45) is 4.28. The van der Waals surface area contributed by atoms with Crippen molar-refractivity contribution >= 4 is 0 Å². The van der Waals surface area contributed by atoms with Gasteiger partial charge in [-0.05, 0) is 37.0 Å². The van der Waals surface area contributed by atoms with Crippen LogP contribution in [0.4, 0.5) is 0 Å². The van der Waals surface area contributed by atoms with Gasteiger partial charge in [-0.2, -0.15) is 0 Å². The van der Waals surface area contributed by atoms with Crippen molar-refractivity contribution in [3.63, 3.8) is 0 Å². The zero-order valence-electron chi connectivity index (χ0n) is 6.06. The molecule has 0 aromatic carbocycles. The SMILES string of the molecule is C=C1CC2CC2CC1C. The lowest BCUT2D eigenvalue weighted by molar-refractivity contribution is 0.463. The van der Waals surface area contributed by atoms with Crippen LogP contribution >= 0.6 is 0 Å². The average Bonchev–Trinajstić information content (AvgIpc) is 2.46. The lowest BCUT2D eigenvalue weighted by atomic mass is 9.87. The largest absolute Gasteiger partial charge is 0.0996 e. The van der Waals surface area contributed by atoms with Crippen molar-refractivity contribution in [2.75, 3.05) is 0 Å². The van der Waals surface area contributed by atoms with Crippen LogP contribution in [0.5, 0.6) is 0 Å². The maximum atomic E-state index is 4.07. The Labute approximate surface area is 57.0 Å². The Kier molecular flexibility index (Phi) is 0.992. The molecule has 2 saturated carbocycles. The van der Waals surface area contributed by atoms with Crippen molar-refractivity contribution in [3.05, 3.63) is 12.2 Å². The molecule has 9 heavy (non-hydrogen) atoms. The van der Waals surface area contributed by atoms with E-state index in [1.54, 1.807) is 0 Å². The first-order chi connectivity index (χ1) is 4.27. The zero-order valence-corrected chi connectivity index (χ0v) is 6.06. The fraction of sp³-hybridized carbons (Fsp3) is 0.778. The molecule has 0 heteroatoms. The summed E-state index contributed by atoms with van der Waals surface area (Å²) >= 11 is 0. The summed E-state index contributed by atoms with van der Waals surface area (Å²) in [6, 6.07) is 0. The van der Waals surface area contributed by atoms with E-state index < -0.39 is 0 Å². The number of hydrogen-bond acceptors (Lipinski definition) is 0. The van der Waals surface area contributed by atoms with Crippen molar-refractivity contribution in [2.45, 2.75) is 26.2 Å². The highest BCUT2D eigenvalue weighted by atomic mass is 14.5. The Morgan fingerprint density at radius 1 is 1.33 bits per heavy atom. The van der Waals surface area contributed by atoms with Gasteiger partial charge in [0.1, 0.15) is 0 Å². The molecule has 2 fully saturated rings. The standard InChI is InChI=1S/C9H14/c1-6-3-8-5-9(8)4-7(6)2/h7-9H,1,3-5H2,2H3. The van der Waals surface area contributed by atoms with Crippen LogP contribution < -0.4 is 0 Å². The molecule has 0 nitrogen and oxygen atoms in total. The van der Waals surface area contributed by atoms with E-state index in [0.29, 0.717) is 0 Å². The summed E-state index contributed by atoms with van der Waals surface area (Å²) in [5.74, 6) is 2.99. The molecule has 0 spiro atoms. The zero-order chi connectivity index (χ0) is 6.43. The summed E-state index contributed by atoms with van der Waals surface area (Å²) in [5.41, 5.74) is 1.51. The van der Waals surface area contributed by atoms with E-state index in [1.165, 1.54) is 24.8 Å². The Balaban J connectivity index is 2.06. The highest BCUT2D eigenvalue weighted by Gasteiger charge is 2.41. The monoisotopic (exact) mass is 122 g/mol. The minimum absolute atomic E-state index is 0.828. The van der Waals surface area contributed by atoms with Gasteiger partial charge in [0.05, 0.1) is 0 Å². The van der Waals surface area contributed by atoms with E-state index in [4.69, 9.17) is 0 Å². The van der Waals surface area contributed by atoms with Crippen molar-refractivity contribution in [2.24, 2.45) is 17.8 Å². The van der Waals surface area contributed by atoms with E-state index in [0.717, 1.165) is 17.8 Å². The summed E-state index contributed by atoms with van der Waals surface area (Å²) < 4.78 is 0. The van der Waals surface area contributed by atoms with E-state index >= 15 is 0 Å². The molecule has 0 saturated heterocycles. The molecule has 0 aromatic rings. The number of fused-ring (bicyclic) bond motifs is 1. The number of rotatable bonds is 0. The quantitative estimate of drug-likeness (QED) is 0.433. The van der Waals surface area contributed by atoms with Crippen molar-refractivity contribution in [1.82, 2.24) is 0 Å². The van der Waals surface area contributed by atoms with Crippen LogP contribution in [0.1, 0.15) is 26.2 Å². The van der Waals surface area contributed by atoms with E-state index in [-0.39, 0.29) is 0 Å². The highest BCUT2D eigenvalue weighted by molar-refractivity contribution is 5.11. The molecule has 3 atom stereocenters. The van der Waals surface area contributed by atoms with Crippen LogP contribution in [0, 0.1) is 17.8 Å². The fourth-order valence-corrected chi connectivity index (χ4v) is 2.01. The van der Waals surface area contributed by atoms with E-state index in [2.05, 4.69) is 13.5 Å². The second kappa shape index (κ2) is 1.62. The van der Waals surface area contributed by atoms with Gasteiger partial charge in [-0.1, -0.05) is 19.1 Å². The second-order valence-electron chi connectivity index (χ2n) is 3.75. The van der Waals surface area contributed by atoms with Crippen LogP contribution in [0.3, 0.4) is 0 Å². The Morgan fingerprint density at radius 3 is 2.78 bits per heavy atom. The fourth-order valence-electron chi connectivity index (χ4n) is 2.01. The third-order valence-corrected chi connectivity index (χ3v) is 2.95. The summed E-state index contributed by atoms with van der Waals surface area (Å²) in [4.78, 5) is 0. The first kappa shape index (κ1) is 5.52. The maximum absolute atomic E-state index is 4.07. The molecule has 0 amide bonds. The molecule has 50 valence electrons. The van der Waals surface area contributed by atoms with Gasteiger partial charge < -0.3 is 0 Å². The molecule has 3 unspecified atom stereocenters. The van der Waals surface area contributed by atoms with E-state index in [9.17, 15) is 0 Å². The van der Waals surface area contributed by atoms with Crippen LogP contribution in [0.25, 0.3) is 0 Å². The molecule has 0 bridgehead atoms. The van der Waals surface area contributed by atoms with Gasteiger partial charge in [0.2, 0.25) is 0 Å². The van der Waals surface area contributed by atoms with Gasteiger partial charge in [-0.15, -0.1) is 0 Å². The lowest BCUT2D eigenvalue weighted by Gasteiger charge is -2.19. The molecule has 2 rings (SSSR count). The summed E-state index contributed by atoms with van der Waals surface area (Å²) in [5, 5.41) is 0. The van der Waals surface area contributed by atoms with Gasteiger partial charge in [-0.3, -0.25) is 0 Å². The molecule has 0 radical (unpaired) electrons. The lowest BCUT2D eigenvalue weighted by Crippen LogP contribution is -2.06. The topological polar surface area (TPSA) is 0 Å². The van der Waals surface area contributed by atoms with Gasteiger partial charge in [0, 0.05) is 0 Å². The normalized spacial score (nSPS) is 48.6. The summed E-state index contributed by atoms with van der Waals surface area (Å²) in [7, 11) is 0. The third kappa shape index (κ3) is 0.810. The van der Waals surface area contributed by atoms with Crippen LogP contribution in [-0.2, 0) is 0 Å². The molecule has 0 heterocycles. The molecule has 0 aliphatic heterocycles. The maximum Gasteiger partial charge on any atom is -0.0232 e. The molecule has 2 aliphatic rings. The Bertz CT molecular complexity index is 146. The second-order valence-corrected chi connectivity index (χ2v) is 3.75. The Morgan fingerprint density at radius 2 is 2.11 bits per heavy atom. The smallest absolute Gasteiger partial charge is 0.0232 e. The van der Waals surface area contributed by atoms with Crippen molar-refractivity contribution in [3.8, 4) is 0 Å². The van der Waals surface area contributed by atoms with Gasteiger partial charge in [0.15, 0.2) is 0 Å². The summed E-state index contributed by atoms with van der Waals surface area (Å²) in [6.45, 7) is 6.39. The Hall–Kier alpha value is -0.260.